The van der Waals surface area contributed by atoms with Crippen LogP contribution in [0.1, 0.15) is 23.1 Å². The van der Waals surface area contributed by atoms with E-state index >= 15 is 0 Å². The van der Waals surface area contributed by atoms with Gasteiger partial charge in [0.05, 0.1) is 0 Å². The molecule has 4 aromatic rings. The van der Waals surface area contributed by atoms with Crippen LogP contribution in [0.5, 0.6) is 5.75 Å². The van der Waals surface area contributed by atoms with E-state index in [1.54, 1.807) is 24.3 Å². The van der Waals surface area contributed by atoms with Gasteiger partial charge in [-0.2, -0.15) is 4.98 Å². The zero-order chi connectivity index (χ0) is 22.3. The fourth-order valence-corrected chi connectivity index (χ4v) is 3.29. The molecular formula is C25H22ClN3O3. The lowest BCUT2D eigenvalue weighted by molar-refractivity contribution is -0.124. The average molecular weight is 448 g/mol. The predicted molar refractivity (Wildman–Crippen MR) is 122 cm³/mol. The summed E-state index contributed by atoms with van der Waals surface area (Å²) in [5.41, 5.74) is 3.03. The van der Waals surface area contributed by atoms with Gasteiger partial charge in [-0.25, -0.2) is 0 Å². The van der Waals surface area contributed by atoms with E-state index in [0.29, 0.717) is 28.9 Å². The number of amides is 1. The number of hydrogen-bond donors (Lipinski definition) is 1. The van der Waals surface area contributed by atoms with Crippen molar-refractivity contribution in [3.63, 3.8) is 0 Å². The second-order valence-corrected chi connectivity index (χ2v) is 7.81. The number of aryl methyl sites for hydroxylation is 1. The van der Waals surface area contributed by atoms with Crippen LogP contribution < -0.4 is 10.1 Å². The topological polar surface area (TPSA) is 77.2 Å². The van der Waals surface area contributed by atoms with Crippen LogP contribution in [0, 0.1) is 6.92 Å². The second kappa shape index (κ2) is 10.1. The number of carbonyl (C=O) groups is 1. The largest absolute Gasteiger partial charge is 0.484 e. The van der Waals surface area contributed by atoms with Crippen LogP contribution in [0.3, 0.4) is 0 Å². The number of hydrogen-bond acceptors (Lipinski definition) is 5. The summed E-state index contributed by atoms with van der Waals surface area (Å²) in [5.74, 6) is 1.08. The predicted octanol–water partition coefficient (Wildman–Crippen LogP) is 5.18. The first-order valence-electron chi connectivity index (χ1n) is 10.2. The maximum absolute atomic E-state index is 12.6. The average Bonchev–Trinajstić information content (AvgIpc) is 3.30. The van der Waals surface area contributed by atoms with Gasteiger partial charge in [0.1, 0.15) is 11.8 Å². The van der Waals surface area contributed by atoms with Crippen molar-refractivity contribution in [2.45, 2.75) is 19.4 Å². The summed E-state index contributed by atoms with van der Waals surface area (Å²) < 4.78 is 11.1. The minimum atomic E-state index is -0.495. The lowest BCUT2D eigenvalue weighted by Crippen LogP contribution is -2.34. The highest BCUT2D eigenvalue weighted by molar-refractivity contribution is 6.30. The van der Waals surface area contributed by atoms with Crippen molar-refractivity contribution in [3.05, 3.63) is 101 Å². The molecule has 32 heavy (non-hydrogen) atoms. The first kappa shape index (κ1) is 21.6. The molecule has 0 fully saturated rings. The molecule has 0 radical (unpaired) electrons. The van der Waals surface area contributed by atoms with Crippen LogP contribution in [-0.4, -0.2) is 22.7 Å². The molecule has 1 N–H and O–H groups in total. The molecule has 7 heteroatoms. The van der Waals surface area contributed by atoms with Crippen molar-refractivity contribution in [1.29, 1.82) is 0 Å². The van der Waals surface area contributed by atoms with Gasteiger partial charge in [-0.3, -0.25) is 4.79 Å². The quantitative estimate of drug-likeness (QED) is 0.403. The summed E-state index contributed by atoms with van der Waals surface area (Å²) in [7, 11) is 0. The normalized spacial score (nSPS) is 11.7. The van der Waals surface area contributed by atoms with Crippen molar-refractivity contribution >= 4 is 17.5 Å². The van der Waals surface area contributed by atoms with E-state index in [1.807, 2.05) is 61.5 Å². The van der Waals surface area contributed by atoms with Gasteiger partial charge in [0.25, 0.3) is 5.91 Å². The maximum Gasteiger partial charge on any atom is 0.258 e. The Morgan fingerprint density at radius 2 is 1.75 bits per heavy atom. The number of rotatable bonds is 8. The fraction of sp³-hybridized carbons (Fsp3) is 0.160. The van der Waals surface area contributed by atoms with Crippen molar-refractivity contribution in [2.75, 3.05) is 6.61 Å². The molecule has 1 aromatic heterocycles. The van der Waals surface area contributed by atoms with Crippen molar-refractivity contribution < 1.29 is 14.1 Å². The molecule has 0 aliphatic heterocycles. The van der Waals surface area contributed by atoms with Crippen LogP contribution in [0.4, 0.5) is 0 Å². The lowest BCUT2D eigenvalue weighted by atomic mass is 10.1. The van der Waals surface area contributed by atoms with E-state index in [-0.39, 0.29) is 12.5 Å². The zero-order valence-corrected chi connectivity index (χ0v) is 18.3. The Bertz CT molecular complexity index is 1160. The Balaban J connectivity index is 1.49. The third-order valence-corrected chi connectivity index (χ3v) is 5.10. The van der Waals surface area contributed by atoms with Crippen LogP contribution in [0.2, 0.25) is 5.02 Å². The van der Waals surface area contributed by atoms with Gasteiger partial charge >= 0.3 is 0 Å². The first-order chi connectivity index (χ1) is 15.6. The van der Waals surface area contributed by atoms with E-state index < -0.39 is 6.04 Å². The van der Waals surface area contributed by atoms with Gasteiger partial charge in [0.2, 0.25) is 11.7 Å². The van der Waals surface area contributed by atoms with Crippen molar-refractivity contribution in [3.8, 4) is 17.1 Å². The number of nitrogens with zero attached hydrogens (tertiary/aromatic N) is 2. The van der Waals surface area contributed by atoms with Gasteiger partial charge in [-0.15, -0.1) is 0 Å². The van der Waals surface area contributed by atoms with Gasteiger partial charge in [-0.1, -0.05) is 76.9 Å². The highest BCUT2D eigenvalue weighted by atomic mass is 35.5. The molecular weight excluding hydrogens is 426 g/mol. The molecule has 0 aliphatic rings. The maximum atomic E-state index is 12.6. The Labute approximate surface area is 191 Å². The minimum Gasteiger partial charge on any atom is -0.484 e. The van der Waals surface area contributed by atoms with E-state index in [2.05, 4.69) is 15.5 Å². The van der Waals surface area contributed by atoms with Gasteiger partial charge in [-0.05, 0) is 36.8 Å². The van der Waals surface area contributed by atoms with Gasteiger partial charge < -0.3 is 14.6 Å². The third kappa shape index (κ3) is 5.74. The lowest BCUT2D eigenvalue weighted by Gasteiger charge is -2.15. The highest BCUT2D eigenvalue weighted by Gasteiger charge is 2.22. The summed E-state index contributed by atoms with van der Waals surface area (Å²) in [6.45, 7) is 1.87. The SMILES string of the molecule is Cc1ccc(-c2noc(C(Cc3ccccc3)NC(=O)COc3ccc(Cl)cc3)n2)cc1. The summed E-state index contributed by atoms with van der Waals surface area (Å²) in [6.07, 6.45) is 0.503. The zero-order valence-electron chi connectivity index (χ0n) is 17.5. The summed E-state index contributed by atoms with van der Waals surface area (Å²) >= 11 is 5.88. The van der Waals surface area contributed by atoms with Crippen molar-refractivity contribution in [1.82, 2.24) is 15.5 Å². The molecule has 0 aliphatic carbocycles. The van der Waals surface area contributed by atoms with E-state index in [9.17, 15) is 4.79 Å². The molecule has 1 amide bonds. The molecule has 0 spiro atoms. The Hall–Kier alpha value is -3.64. The highest BCUT2D eigenvalue weighted by Crippen LogP contribution is 2.22. The summed E-state index contributed by atoms with van der Waals surface area (Å²) in [4.78, 5) is 17.2. The van der Waals surface area contributed by atoms with E-state index in [0.717, 1.165) is 16.7 Å². The molecule has 4 rings (SSSR count). The number of nitrogens with one attached hydrogen (secondary N) is 1. The minimum absolute atomic E-state index is 0.147. The Morgan fingerprint density at radius 1 is 1.03 bits per heavy atom. The van der Waals surface area contributed by atoms with Crippen LogP contribution >= 0.6 is 11.6 Å². The molecule has 0 saturated carbocycles. The molecule has 3 aromatic carbocycles. The molecule has 162 valence electrons. The second-order valence-electron chi connectivity index (χ2n) is 7.37. The summed E-state index contributed by atoms with van der Waals surface area (Å²) in [6, 6.07) is 24.0. The first-order valence-corrected chi connectivity index (χ1v) is 10.6. The molecule has 1 unspecified atom stereocenters. The number of ether oxygens (including phenoxy) is 1. The Kier molecular flexibility index (Phi) is 6.82. The van der Waals surface area contributed by atoms with Crippen molar-refractivity contribution in [2.24, 2.45) is 0 Å². The summed E-state index contributed by atoms with van der Waals surface area (Å²) in [5, 5.41) is 7.66. The van der Waals surface area contributed by atoms with E-state index in [4.69, 9.17) is 20.9 Å². The van der Waals surface area contributed by atoms with Crippen LogP contribution in [0.25, 0.3) is 11.4 Å². The van der Waals surface area contributed by atoms with Gasteiger partial charge in [0, 0.05) is 17.0 Å². The molecule has 0 bridgehead atoms. The van der Waals surface area contributed by atoms with Crippen LogP contribution in [0.15, 0.2) is 83.4 Å². The standard InChI is InChI=1S/C25H22ClN3O3/c1-17-7-9-19(10-8-17)24-28-25(32-29-24)22(15-18-5-3-2-4-6-18)27-23(30)16-31-21-13-11-20(26)12-14-21/h2-14,22H,15-16H2,1H3,(H,27,30). The van der Waals surface area contributed by atoms with Gasteiger partial charge in [0.15, 0.2) is 6.61 Å². The smallest absolute Gasteiger partial charge is 0.258 e. The number of carbonyl (C=O) groups excluding carboxylic acids is 1. The molecule has 1 heterocycles. The van der Waals surface area contributed by atoms with Crippen LogP contribution in [-0.2, 0) is 11.2 Å². The fourth-order valence-electron chi connectivity index (χ4n) is 3.16. The molecule has 6 nitrogen and oxygen atoms in total. The monoisotopic (exact) mass is 447 g/mol. The number of halogens is 1. The van der Waals surface area contributed by atoms with E-state index in [1.165, 1.54) is 0 Å². The Morgan fingerprint density at radius 3 is 2.47 bits per heavy atom. The third-order valence-electron chi connectivity index (χ3n) is 4.85. The number of benzene rings is 3. The molecule has 0 saturated heterocycles. The molecule has 1 atom stereocenters. The number of aromatic nitrogens is 2.